The van der Waals surface area contributed by atoms with Crippen LogP contribution in [0.3, 0.4) is 0 Å². The van der Waals surface area contributed by atoms with E-state index >= 15 is 0 Å². The lowest BCUT2D eigenvalue weighted by atomic mass is 10.1. The van der Waals surface area contributed by atoms with E-state index < -0.39 is 23.5 Å². The lowest BCUT2D eigenvalue weighted by Crippen LogP contribution is -2.25. The fourth-order valence-corrected chi connectivity index (χ4v) is 2.21. The summed E-state index contributed by atoms with van der Waals surface area (Å²) in [5.41, 5.74) is -0.733. The lowest BCUT2D eigenvalue weighted by Gasteiger charge is -2.22. The molecule has 0 unspecified atom stereocenters. The number of esters is 3. The molecule has 0 aromatic heterocycles. The second kappa shape index (κ2) is 9.98. The predicted molar refractivity (Wildman–Crippen MR) is 99.8 cm³/mol. The summed E-state index contributed by atoms with van der Waals surface area (Å²) in [7, 11) is 2.48. The zero-order valence-corrected chi connectivity index (χ0v) is 17.3. The van der Waals surface area contributed by atoms with Gasteiger partial charge in [0.1, 0.15) is 29.8 Å². The van der Waals surface area contributed by atoms with Crippen molar-refractivity contribution in [2.75, 3.05) is 14.2 Å². The molecule has 0 N–H and O–H groups in total. The first-order valence-corrected chi connectivity index (χ1v) is 8.55. The predicted octanol–water partition coefficient (Wildman–Crippen LogP) is 3.40. The maximum absolute atomic E-state index is 12.8. The molecule has 1 rings (SSSR count). The van der Waals surface area contributed by atoms with Gasteiger partial charge in [0.15, 0.2) is 0 Å². The van der Waals surface area contributed by atoms with Gasteiger partial charge in [0, 0.05) is 17.5 Å². The number of ether oxygens (including phenoxy) is 5. The van der Waals surface area contributed by atoms with E-state index in [1.807, 2.05) is 0 Å². The molecule has 1 aromatic rings. The largest absolute Gasteiger partial charge is 0.500 e. The monoisotopic (exact) mass is 414 g/mol. The van der Waals surface area contributed by atoms with Crippen molar-refractivity contribution < 1.29 is 38.1 Å². The SMILES string of the molecule is CO/C=C(/Oc1ccc(Cl)c(COC(C)=O)c1C(=O)OC(C)(C)C)C(=O)OC. The first kappa shape index (κ1) is 23.3. The minimum Gasteiger partial charge on any atom is -0.500 e. The van der Waals surface area contributed by atoms with Crippen LogP contribution in [0.1, 0.15) is 43.6 Å². The van der Waals surface area contributed by atoms with Crippen LogP contribution >= 0.6 is 11.6 Å². The van der Waals surface area contributed by atoms with Crippen LogP contribution in [0.5, 0.6) is 5.75 Å². The Morgan fingerprint density at radius 2 is 1.79 bits per heavy atom. The standard InChI is InChI=1S/C19H23ClO8/c1-11(21)26-9-12-13(20)7-8-14(16(12)18(23)28-19(2,3)4)27-15(10-24-5)17(22)25-6/h7-8,10H,9H2,1-6H3/b15-10+. The fourth-order valence-electron chi connectivity index (χ4n) is 1.99. The van der Waals surface area contributed by atoms with Gasteiger partial charge >= 0.3 is 17.9 Å². The minimum atomic E-state index is -0.825. The summed E-state index contributed by atoms with van der Waals surface area (Å²) in [5, 5.41) is 0.157. The Bertz CT molecular complexity index is 777. The average Bonchev–Trinajstić information content (AvgIpc) is 2.58. The van der Waals surface area contributed by atoms with E-state index in [9.17, 15) is 14.4 Å². The van der Waals surface area contributed by atoms with E-state index in [1.54, 1.807) is 20.8 Å². The van der Waals surface area contributed by atoms with Crippen LogP contribution in [0.2, 0.25) is 5.02 Å². The summed E-state index contributed by atoms with van der Waals surface area (Å²) in [6.45, 7) is 5.99. The number of hydrogen-bond acceptors (Lipinski definition) is 8. The van der Waals surface area contributed by atoms with E-state index in [4.69, 9.17) is 30.5 Å². The highest BCUT2D eigenvalue weighted by Gasteiger charge is 2.28. The third kappa shape index (κ3) is 6.77. The van der Waals surface area contributed by atoms with Gasteiger partial charge in [-0.25, -0.2) is 9.59 Å². The van der Waals surface area contributed by atoms with E-state index in [-0.39, 0.29) is 34.3 Å². The number of halogens is 1. The van der Waals surface area contributed by atoms with E-state index in [1.165, 1.54) is 26.2 Å². The molecule has 0 fully saturated rings. The quantitative estimate of drug-likeness (QED) is 0.290. The molecule has 0 spiro atoms. The smallest absolute Gasteiger partial charge is 0.377 e. The molecule has 1 aromatic carbocycles. The van der Waals surface area contributed by atoms with Crippen LogP contribution in [0.15, 0.2) is 24.2 Å². The zero-order valence-electron chi connectivity index (χ0n) is 16.6. The Hall–Kier alpha value is -2.74. The van der Waals surface area contributed by atoms with Crippen molar-refractivity contribution in [2.45, 2.75) is 39.9 Å². The van der Waals surface area contributed by atoms with Gasteiger partial charge in [0.25, 0.3) is 0 Å². The topological polar surface area (TPSA) is 97.4 Å². The van der Waals surface area contributed by atoms with E-state index in [0.717, 1.165) is 13.4 Å². The normalized spacial score (nSPS) is 11.5. The van der Waals surface area contributed by atoms with Crippen molar-refractivity contribution in [1.82, 2.24) is 0 Å². The molecule has 0 radical (unpaired) electrons. The summed E-state index contributed by atoms with van der Waals surface area (Å²) >= 11 is 6.20. The first-order valence-electron chi connectivity index (χ1n) is 8.17. The average molecular weight is 415 g/mol. The molecule has 0 heterocycles. The number of methoxy groups -OCH3 is 2. The molecule has 0 aliphatic heterocycles. The Kier molecular flexibility index (Phi) is 8.31. The Morgan fingerprint density at radius 1 is 1.14 bits per heavy atom. The minimum absolute atomic E-state index is 0.0468. The Balaban J connectivity index is 3.51. The molecule has 8 nitrogen and oxygen atoms in total. The maximum Gasteiger partial charge on any atom is 0.377 e. The van der Waals surface area contributed by atoms with Crippen molar-refractivity contribution in [3.05, 3.63) is 40.3 Å². The summed E-state index contributed by atoms with van der Waals surface area (Å²) in [6.07, 6.45) is 1.02. The molecule has 0 amide bonds. The number of carbonyl (C=O) groups is 3. The lowest BCUT2D eigenvalue weighted by molar-refractivity contribution is -0.142. The van der Waals surface area contributed by atoms with Crippen LogP contribution in [0.25, 0.3) is 0 Å². The molecule has 9 heteroatoms. The first-order chi connectivity index (χ1) is 13.0. The van der Waals surface area contributed by atoms with E-state index in [0.29, 0.717) is 0 Å². The second-order valence-corrected chi connectivity index (χ2v) is 6.90. The highest BCUT2D eigenvalue weighted by atomic mass is 35.5. The van der Waals surface area contributed by atoms with Crippen molar-refractivity contribution >= 4 is 29.5 Å². The van der Waals surface area contributed by atoms with Crippen molar-refractivity contribution in [3.8, 4) is 5.75 Å². The molecule has 0 aliphatic rings. The summed E-state index contributed by atoms with van der Waals surface area (Å²) in [5.74, 6) is -2.51. The van der Waals surface area contributed by atoms with Gasteiger partial charge in [-0.2, -0.15) is 0 Å². The van der Waals surface area contributed by atoms with Crippen LogP contribution < -0.4 is 4.74 Å². The summed E-state index contributed by atoms with van der Waals surface area (Å²) < 4.78 is 25.4. The van der Waals surface area contributed by atoms with Gasteiger partial charge in [0.2, 0.25) is 5.76 Å². The molecule has 154 valence electrons. The number of carbonyl (C=O) groups excluding carboxylic acids is 3. The molecular weight excluding hydrogens is 392 g/mol. The number of benzene rings is 1. The maximum atomic E-state index is 12.8. The molecule has 0 saturated heterocycles. The number of hydrogen-bond donors (Lipinski definition) is 0. The van der Waals surface area contributed by atoms with Gasteiger partial charge in [-0.05, 0) is 32.9 Å². The second-order valence-electron chi connectivity index (χ2n) is 6.49. The summed E-state index contributed by atoms with van der Waals surface area (Å²) in [6, 6.07) is 2.82. The molecule has 0 saturated carbocycles. The Morgan fingerprint density at radius 3 is 2.29 bits per heavy atom. The zero-order chi connectivity index (χ0) is 21.5. The van der Waals surface area contributed by atoms with Crippen molar-refractivity contribution in [1.29, 1.82) is 0 Å². The van der Waals surface area contributed by atoms with Crippen molar-refractivity contribution in [3.63, 3.8) is 0 Å². The van der Waals surface area contributed by atoms with Crippen LogP contribution in [-0.2, 0) is 35.1 Å². The summed E-state index contributed by atoms with van der Waals surface area (Å²) in [4.78, 5) is 35.9. The molecular formula is C19H23ClO8. The van der Waals surface area contributed by atoms with Gasteiger partial charge in [-0.3, -0.25) is 4.79 Å². The molecule has 0 aliphatic carbocycles. The van der Waals surface area contributed by atoms with Gasteiger partial charge in [-0.15, -0.1) is 0 Å². The van der Waals surface area contributed by atoms with Crippen LogP contribution in [-0.4, -0.2) is 37.7 Å². The highest BCUT2D eigenvalue weighted by molar-refractivity contribution is 6.32. The van der Waals surface area contributed by atoms with Gasteiger partial charge in [-0.1, -0.05) is 11.6 Å². The van der Waals surface area contributed by atoms with Gasteiger partial charge < -0.3 is 23.7 Å². The number of rotatable bonds is 7. The molecule has 0 bridgehead atoms. The van der Waals surface area contributed by atoms with Crippen LogP contribution in [0, 0.1) is 0 Å². The third-order valence-electron chi connectivity index (χ3n) is 3.07. The molecule has 0 atom stereocenters. The Labute approximate surface area is 168 Å². The third-order valence-corrected chi connectivity index (χ3v) is 3.43. The van der Waals surface area contributed by atoms with E-state index in [2.05, 4.69) is 4.74 Å². The molecule has 28 heavy (non-hydrogen) atoms. The fraction of sp³-hybridized carbons (Fsp3) is 0.421. The van der Waals surface area contributed by atoms with Crippen LogP contribution in [0.4, 0.5) is 0 Å². The van der Waals surface area contributed by atoms with Crippen molar-refractivity contribution in [2.24, 2.45) is 0 Å². The highest BCUT2D eigenvalue weighted by Crippen LogP contribution is 2.32. The van der Waals surface area contributed by atoms with Gasteiger partial charge in [0.05, 0.1) is 14.2 Å².